The maximum absolute atomic E-state index is 7.99. The van der Waals surface area contributed by atoms with Crippen LogP contribution in [0.15, 0.2) is 42.0 Å². The van der Waals surface area contributed by atoms with Gasteiger partial charge in [0.05, 0.1) is 11.2 Å². The molecular weight excluding hydrogens is 275 g/mol. The Morgan fingerprint density at radius 1 is 1.14 bits per heavy atom. The van der Waals surface area contributed by atoms with E-state index in [2.05, 4.69) is 17.4 Å². The lowest BCUT2D eigenvalue weighted by Gasteiger charge is -2.32. The van der Waals surface area contributed by atoms with Crippen LogP contribution in [0.2, 0.25) is 0 Å². The Kier molecular flexibility index (Phi) is 4.78. The van der Waals surface area contributed by atoms with Crippen LogP contribution in [0.1, 0.15) is 40.2 Å². The van der Waals surface area contributed by atoms with Gasteiger partial charge in [-0.25, -0.2) is 0 Å². The zero-order valence-corrected chi connectivity index (χ0v) is 14.1. The summed E-state index contributed by atoms with van der Waals surface area (Å²) in [5, 5.41) is 11.2. The lowest BCUT2D eigenvalue weighted by atomic mass is 9.76. The second kappa shape index (κ2) is 6.27. The SMILES string of the molecule is CC(=N)/C(=C\NCc1ccccc1)B1OC(C)(C)C(C)(C)O1. The van der Waals surface area contributed by atoms with Gasteiger partial charge in [0.15, 0.2) is 0 Å². The molecule has 1 aromatic rings. The van der Waals surface area contributed by atoms with Crippen LogP contribution in [0.25, 0.3) is 0 Å². The van der Waals surface area contributed by atoms with E-state index in [9.17, 15) is 0 Å². The van der Waals surface area contributed by atoms with Gasteiger partial charge < -0.3 is 20.0 Å². The first kappa shape index (κ1) is 16.8. The second-order valence-corrected chi connectivity index (χ2v) is 6.68. The smallest absolute Gasteiger partial charge is 0.399 e. The van der Waals surface area contributed by atoms with Gasteiger partial charge in [0, 0.05) is 17.7 Å². The molecule has 4 nitrogen and oxygen atoms in total. The number of hydrogen-bond acceptors (Lipinski definition) is 4. The summed E-state index contributed by atoms with van der Waals surface area (Å²) >= 11 is 0. The van der Waals surface area contributed by atoms with Gasteiger partial charge in [-0.2, -0.15) is 0 Å². The monoisotopic (exact) mass is 300 g/mol. The molecule has 0 radical (unpaired) electrons. The van der Waals surface area contributed by atoms with Crippen LogP contribution in [-0.4, -0.2) is 24.0 Å². The highest BCUT2D eigenvalue weighted by molar-refractivity contribution is 6.62. The van der Waals surface area contributed by atoms with Gasteiger partial charge in [0.1, 0.15) is 0 Å². The normalized spacial score (nSPS) is 20.0. The van der Waals surface area contributed by atoms with E-state index in [1.165, 1.54) is 5.56 Å². The first-order valence-electron chi connectivity index (χ1n) is 7.61. The number of hydrogen-bond donors (Lipinski definition) is 2. The zero-order chi connectivity index (χ0) is 16.4. The molecule has 22 heavy (non-hydrogen) atoms. The van der Waals surface area contributed by atoms with Crippen molar-refractivity contribution < 1.29 is 9.31 Å². The van der Waals surface area contributed by atoms with Crippen molar-refractivity contribution in [2.45, 2.75) is 52.4 Å². The molecular formula is C17H25BN2O2. The Bertz CT molecular complexity index is 551. The van der Waals surface area contributed by atoms with E-state index < -0.39 is 18.3 Å². The third-order valence-corrected chi connectivity index (χ3v) is 4.35. The molecule has 0 aromatic heterocycles. The van der Waals surface area contributed by atoms with Crippen molar-refractivity contribution in [1.29, 1.82) is 5.41 Å². The van der Waals surface area contributed by atoms with Gasteiger partial charge in [-0.05, 0) is 46.4 Å². The Balaban J connectivity index is 2.08. The van der Waals surface area contributed by atoms with Crippen LogP contribution >= 0.6 is 0 Å². The summed E-state index contributed by atoms with van der Waals surface area (Å²) in [7, 11) is -0.509. The predicted octanol–water partition coefficient (Wildman–Crippen LogP) is 3.33. The van der Waals surface area contributed by atoms with Crippen molar-refractivity contribution >= 4 is 12.8 Å². The first-order valence-corrected chi connectivity index (χ1v) is 7.61. The summed E-state index contributed by atoms with van der Waals surface area (Å²) in [5.74, 6) is 0. The van der Waals surface area contributed by atoms with Gasteiger partial charge >= 0.3 is 7.12 Å². The highest BCUT2D eigenvalue weighted by Crippen LogP contribution is 2.38. The molecule has 1 aliphatic rings. The van der Waals surface area contributed by atoms with Crippen LogP contribution < -0.4 is 5.32 Å². The fourth-order valence-corrected chi connectivity index (χ4v) is 2.20. The minimum atomic E-state index is -0.509. The molecule has 0 saturated carbocycles. The summed E-state index contributed by atoms with van der Waals surface area (Å²) < 4.78 is 12.0. The predicted molar refractivity (Wildman–Crippen MR) is 90.8 cm³/mol. The third-order valence-electron chi connectivity index (χ3n) is 4.35. The Hall–Kier alpha value is -1.59. The van der Waals surface area contributed by atoms with Crippen molar-refractivity contribution in [1.82, 2.24) is 5.32 Å². The maximum Gasteiger partial charge on any atom is 0.498 e. The lowest BCUT2D eigenvalue weighted by molar-refractivity contribution is 0.00578. The standard InChI is InChI=1S/C17H25BN2O2/c1-13(19)15(12-20-11-14-9-7-6-8-10-14)18-21-16(2,3)17(4,5)22-18/h6-10,12,19-20H,11H2,1-5H3/b15-12+,19-13?. The summed E-state index contributed by atoms with van der Waals surface area (Å²) in [4.78, 5) is 0. The van der Waals surface area contributed by atoms with Crippen molar-refractivity contribution in [2.24, 2.45) is 0 Å². The summed E-state index contributed by atoms with van der Waals surface area (Å²) in [5.41, 5.74) is 1.57. The highest BCUT2D eigenvalue weighted by Gasteiger charge is 2.52. The minimum absolute atomic E-state index is 0.397. The van der Waals surface area contributed by atoms with Gasteiger partial charge in [0.2, 0.25) is 0 Å². The van der Waals surface area contributed by atoms with Crippen LogP contribution in [0.5, 0.6) is 0 Å². The molecule has 5 heteroatoms. The van der Waals surface area contributed by atoms with E-state index in [4.69, 9.17) is 14.7 Å². The number of nitrogens with one attached hydrogen (secondary N) is 2. The fourth-order valence-electron chi connectivity index (χ4n) is 2.20. The largest absolute Gasteiger partial charge is 0.498 e. The summed E-state index contributed by atoms with van der Waals surface area (Å²) in [6.07, 6.45) is 1.83. The number of rotatable bonds is 5. The molecule has 1 fully saturated rings. The van der Waals surface area contributed by atoms with Gasteiger partial charge in [-0.3, -0.25) is 0 Å². The van der Waals surface area contributed by atoms with Crippen LogP contribution in [0.3, 0.4) is 0 Å². The van der Waals surface area contributed by atoms with Crippen molar-refractivity contribution in [2.75, 3.05) is 0 Å². The fraction of sp³-hybridized carbons (Fsp3) is 0.471. The third kappa shape index (κ3) is 3.59. The van der Waals surface area contributed by atoms with Crippen molar-refractivity contribution in [3.63, 3.8) is 0 Å². The first-order chi connectivity index (χ1) is 10.2. The van der Waals surface area contributed by atoms with Crippen molar-refractivity contribution in [3.8, 4) is 0 Å². The van der Waals surface area contributed by atoms with E-state index in [1.54, 1.807) is 6.92 Å². The van der Waals surface area contributed by atoms with E-state index in [-0.39, 0.29) is 0 Å². The molecule has 0 atom stereocenters. The lowest BCUT2D eigenvalue weighted by Crippen LogP contribution is -2.41. The Morgan fingerprint density at radius 2 is 1.68 bits per heavy atom. The quantitative estimate of drug-likeness (QED) is 0.648. The molecule has 1 heterocycles. The van der Waals surface area contributed by atoms with Crippen molar-refractivity contribution in [3.05, 3.63) is 47.6 Å². The van der Waals surface area contributed by atoms with Crippen LogP contribution in [0, 0.1) is 5.41 Å². The molecule has 0 bridgehead atoms. The zero-order valence-electron chi connectivity index (χ0n) is 14.1. The molecule has 1 aliphatic heterocycles. The maximum atomic E-state index is 7.99. The number of benzene rings is 1. The van der Waals surface area contributed by atoms with Crippen LogP contribution in [-0.2, 0) is 15.9 Å². The molecule has 1 aromatic carbocycles. The molecule has 0 spiro atoms. The Labute approximate surface area is 133 Å². The molecule has 0 amide bonds. The summed E-state index contributed by atoms with van der Waals surface area (Å²) in [6.45, 7) is 10.5. The average molecular weight is 300 g/mol. The molecule has 118 valence electrons. The second-order valence-electron chi connectivity index (χ2n) is 6.68. The summed E-state index contributed by atoms with van der Waals surface area (Å²) in [6, 6.07) is 10.1. The van der Waals surface area contributed by atoms with E-state index in [0.29, 0.717) is 12.3 Å². The molecule has 0 aliphatic carbocycles. The minimum Gasteiger partial charge on any atom is -0.399 e. The molecule has 1 saturated heterocycles. The number of allylic oxidation sites excluding steroid dienone is 1. The molecule has 2 N–H and O–H groups in total. The van der Waals surface area contributed by atoms with Crippen LogP contribution in [0.4, 0.5) is 0 Å². The van der Waals surface area contributed by atoms with E-state index in [1.807, 2.05) is 52.1 Å². The molecule has 0 unspecified atom stereocenters. The molecule has 2 rings (SSSR count). The van der Waals surface area contributed by atoms with Gasteiger partial charge in [0.25, 0.3) is 0 Å². The average Bonchev–Trinajstić information content (AvgIpc) is 2.64. The van der Waals surface area contributed by atoms with Gasteiger partial charge in [-0.15, -0.1) is 0 Å². The van der Waals surface area contributed by atoms with E-state index in [0.717, 1.165) is 5.47 Å². The Morgan fingerprint density at radius 3 is 2.18 bits per heavy atom. The van der Waals surface area contributed by atoms with Gasteiger partial charge in [-0.1, -0.05) is 30.3 Å². The topological polar surface area (TPSA) is 54.3 Å². The highest BCUT2D eigenvalue weighted by atomic mass is 16.7. The van der Waals surface area contributed by atoms with E-state index >= 15 is 0 Å².